The number of para-hydroxylation sites is 1. The highest BCUT2D eigenvalue weighted by Gasteiger charge is 2.20. The smallest absolute Gasteiger partial charge is 0.238 e. The Morgan fingerprint density at radius 2 is 1.96 bits per heavy atom. The highest BCUT2D eigenvalue weighted by Crippen LogP contribution is 2.38. The third-order valence-corrected chi connectivity index (χ3v) is 4.55. The van der Waals surface area contributed by atoms with Crippen LogP contribution in [-0.4, -0.2) is 22.0 Å². The number of aryl methyl sites for hydroxylation is 2. The van der Waals surface area contributed by atoms with E-state index in [1.54, 1.807) is 0 Å². The summed E-state index contributed by atoms with van der Waals surface area (Å²) in [6.07, 6.45) is 0. The van der Waals surface area contributed by atoms with Crippen LogP contribution in [0.25, 0.3) is 33.2 Å². The van der Waals surface area contributed by atoms with Gasteiger partial charge in [0.2, 0.25) is 5.91 Å². The normalized spacial score (nSPS) is 11.0. The van der Waals surface area contributed by atoms with E-state index in [-0.39, 0.29) is 24.9 Å². The third-order valence-electron chi connectivity index (χ3n) is 4.55. The fourth-order valence-electron chi connectivity index (χ4n) is 3.35. The average Bonchev–Trinajstić information content (AvgIpc) is 2.99. The average molecular weight is 355 g/mol. The van der Waals surface area contributed by atoms with Gasteiger partial charge in [0.05, 0.1) is 12.1 Å². The van der Waals surface area contributed by atoms with Crippen molar-refractivity contribution < 1.29 is 4.79 Å². The molecule has 2 aromatic carbocycles. The van der Waals surface area contributed by atoms with Crippen molar-refractivity contribution in [2.75, 3.05) is 11.9 Å². The molecule has 3 N–H and O–H groups in total. The lowest BCUT2D eigenvalue weighted by atomic mass is 10.00. The number of nitrogens with zero attached hydrogens (tertiary/aromatic N) is 2. The van der Waals surface area contributed by atoms with Crippen molar-refractivity contribution in [2.45, 2.75) is 6.92 Å². The second kappa shape index (κ2) is 6.35. The van der Waals surface area contributed by atoms with Crippen LogP contribution in [0.1, 0.15) is 5.56 Å². The topological polar surface area (TPSA) is 72.9 Å². The Balaban J connectivity index is 0.00000182. The maximum atomic E-state index is 11.6. The van der Waals surface area contributed by atoms with Crippen LogP contribution < -0.4 is 11.1 Å². The van der Waals surface area contributed by atoms with Gasteiger partial charge in [-0.2, -0.15) is 0 Å². The molecule has 2 aliphatic heterocycles. The predicted molar refractivity (Wildman–Crippen MR) is 105 cm³/mol. The second-order valence-corrected chi connectivity index (χ2v) is 6.00. The minimum Gasteiger partial charge on any atom is -0.328 e. The monoisotopic (exact) mass is 354 g/mol. The molecular formula is C19H19ClN4O. The first-order valence-corrected chi connectivity index (χ1v) is 7.87. The van der Waals surface area contributed by atoms with E-state index in [9.17, 15) is 4.79 Å². The molecule has 2 aliphatic rings. The standard InChI is InChI=1S/C19H18N4O.ClH/c1-11-14-9-12(21-17(24)10-20)7-8-16(14)23(2)19-18(11)13-5-3-4-6-15(13)22-19;/h3-9H,10,20H2,1-2H3,(H,21,24);1H. The molecule has 0 aliphatic carbocycles. The molecule has 4 rings (SSSR count). The van der Waals surface area contributed by atoms with E-state index in [0.29, 0.717) is 0 Å². The van der Waals surface area contributed by atoms with Gasteiger partial charge >= 0.3 is 0 Å². The molecular weight excluding hydrogens is 336 g/mol. The molecule has 0 bridgehead atoms. The summed E-state index contributed by atoms with van der Waals surface area (Å²) < 4.78 is 2.10. The van der Waals surface area contributed by atoms with Crippen molar-refractivity contribution >= 4 is 45.8 Å². The van der Waals surface area contributed by atoms with Crippen molar-refractivity contribution in [3.05, 3.63) is 48.0 Å². The zero-order valence-corrected chi connectivity index (χ0v) is 14.9. The number of rotatable bonds is 2. The van der Waals surface area contributed by atoms with Gasteiger partial charge in [0.1, 0.15) is 5.82 Å². The zero-order valence-electron chi connectivity index (χ0n) is 14.0. The quantitative estimate of drug-likeness (QED) is 0.579. The number of hydrogen-bond donors (Lipinski definition) is 2. The molecule has 0 saturated heterocycles. The Morgan fingerprint density at radius 3 is 2.72 bits per heavy atom. The highest BCUT2D eigenvalue weighted by atomic mass is 35.5. The van der Waals surface area contributed by atoms with Gasteiger partial charge in [-0.25, -0.2) is 4.98 Å². The minimum atomic E-state index is -0.196. The summed E-state index contributed by atoms with van der Waals surface area (Å²) in [4.78, 5) is 16.4. The molecule has 0 unspecified atom stereocenters. The van der Waals surface area contributed by atoms with Crippen LogP contribution in [0.5, 0.6) is 0 Å². The van der Waals surface area contributed by atoms with Crippen molar-refractivity contribution in [3.8, 4) is 11.4 Å². The first-order valence-electron chi connectivity index (χ1n) is 7.87. The van der Waals surface area contributed by atoms with Crippen molar-refractivity contribution in [1.82, 2.24) is 9.55 Å². The lowest BCUT2D eigenvalue weighted by molar-refractivity contribution is -0.114. The number of fused-ring (bicyclic) bond motifs is 4. The number of nitrogens with two attached hydrogens (primary N) is 1. The molecule has 0 atom stereocenters. The number of anilines is 1. The summed E-state index contributed by atoms with van der Waals surface area (Å²) in [6, 6.07) is 14.1. The molecule has 128 valence electrons. The highest BCUT2D eigenvalue weighted by molar-refractivity contribution is 6.04. The first kappa shape index (κ1) is 17.2. The van der Waals surface area contributed by atoms with Gasteiger partial charge in [-0.1, -0.05) is 18.2 Å². The van der Waals surface area contributed by atoms with Gasteiger partial charge in [-0.05, 0) is 36.8 Å². The number of pyridine rings is 1. The first-order chi connectivity index (χ1) is 11.6. The predicted octanol–water partition coefficient (Wildman–Crippen LogP) is 3.46. The number of benzene rings is 2. The summed E-state index contributed by atoms with van der Waals surface area (Å²) in [5.41, 5.74) is 10.5. The third kappa shape index (κ3) is 2.62. The summed E-state index contributed by atoms with van der Waals surface area (Å²) in [5, 5.41) is 5.07. The lowest BCUT2D eigenvalue weighted by Gasteiger charge is -2.16. The Hall–Kier alpha value is -2.63. The number of amides is 1. The number of hydrogen-bond acceptors (Lipinski definition) is 3. The Bertz CT molecular complexity index is 1070. The molecule has 25 heavy (non-hydrogen) atoms. The van der Waals surface area contributed by atoms with Crippen LogP contribution in [-0.2, 0) is 11.8 Å². The maximum absolute atomic E-state index is 11.6. The van der Waals surface area contributed by atoms with Gasteiger partial charge in [0.25, 0.3) is 0 Å². The molecule has 0 radical (unpaired) electrons. The van der Waals surface area contributed by atoms with Crippen LogP contribution in [0.15, 0.2) is 42.5 Å². The van der Waals surface area contributed by atoms with Gasteiger partial charge in [0, 0.05) is 34.6 Å². The summed E-state index contributed by atoms with van der Waals surface area (Å²) >= 11 is 0. The molecule has 0 fully saturated rings. The maximum Gasteiger partial charge on any atom is 0.238 e. The zero-order chi connectivity index (χ0) is 16.8. The fraction of sp³-hybridized carbons (Fsp3) is 0.158. The van der Waals surface area contributed by atoms with Gasteiger partial charge in [0.15, 0.2) is 0 Å². The van der Waals surface area contributed by atoms with Crippen molar-refractivity contribution in [3.63, 3.8) is 0 Å². The van der Waals surface area contributed by atoms with E-state index < -0.39 is 0 Å². The van der Waals surface area contributed by atoms with E-state index in [4.69, 9.17) is 10.7 Å². The molecule has 0 spiro atoms. The van der Waals surface area contributed by atoms with Crippen LogP contribution in [0, 0.1) is 6.92 Å². The fourth-order valence-corrected chi connectivity index (χ4v) is 3.35. The van der Waals surface area contributed by atoms with Crippen molar-refractivity contribution in [2.24, 2.45) is 12.8 Å². The summed E-state index contributed by atoms with van der Waals surface area (Å²) in [6.45, 7) is 2.08. The number of aromatic nitrogens is 2. The largest absolute Gasteiger partial charge is 0.328 e. The van der Waals surface area contributed by atoms with Gasteiger partial charge < -0.3 is 15.6 Å². The SMILES string of the molecule is Cc1c2c3ccccc3nc-2n(C)c2ccc(NC(=O)CN)cc12.Cl. The summed E-state index contributed by atoms with van der Waals surface area (Å²) in [7, 11) is 2.02. The summed E-state index contributed by atoms with van der Waals surface area (Å²) in [5.74, 6) is 0.776. The van der Waals surface area contributed by atoms with Crippen LogP contribution in [0.2, 0.25) is 0 Å². The van der Waals surface area contributed by atoms with Crippen LogP contribution in [0.4, 0.5) is 5.69 Å². The van der Waals surface area contributed by atoms with Crippen molar-refractivity contribution in [1.29, 1.82) is 0 Å². The van der Waals surface area contributed by atoms with Crippen LogP contribution >= 0.6 is 12.4 Å². The minimum absolute atomic E-state index is 0. The Labute approximate surface area is 151 Å². The molecule has 6 heteroatoms. The van der Waals surface area contributed by atoms with Gasteiger partial charge in [-0.15, -0.1) is 12.4 Å². The Kier molecular flexibility index (Phi) is 4.37. The van der Waals surface area contributed by atoms with E-state index in [1.807, 2.05) is 43.4 Å². The number of halogens is 1. The lowest BCUT2D eigenvalue weighted by Crippen LogP contribution is -2.21. The number of carbonyl (C=O) groups is 1. The van der Waals surface area contributed by atoms with Crippen LogP contribution in [0.3, 0.4) is 0 Å². The van der Waals surface area contributed by atoms with Gasteiger partial charge in [-0.3, -0.25) is 4.79 Å². The molecule has 2 heterocycles. The van der Waals surface area contributed by atoms with E-state index in [0.717, 1.165) is 44.4 Å². The molecule has 0 aromatic heterocycles. The van der Waals surface area contributed by atoms with E-state index in [2.05, 4.69) is 22.9 Å². The Morgan fingerprint density at radius 1 is 1.20 bits per heavy atom. The second-order valence-electron chi connectivity index (χ2n) is 6.00. The van der Waals surface area contributed by atoms with E-state index in [1.165, 1.54) is 0 Å². The molecule has 1 amide bonds. The van der Waals surface area contributed by atoms with E-state index >= 15 is 0 Å². The number of carbonyl (C=O) groups excluding carboxylic acids is 1. The molecule has 0 saturated carbocycles. The number of nitrogens with one attached hydrogen (secondary N) is 1. The molecule has 5 nitrogen and oxygen atoms in total. The molecule has 2 aromatic rings.